The average molecular weight is 293 g/mol. The summed E-state index contributed by atoms with van der Waals surface area (Å²) in [6.07, 6.45) is -0.114. The SMILES string of the molecule is CC(CC(=O)O)Nc1ccc(S(=O)(=O)C(F)F)cc1. The van der Waals surface area contributed by atoms with Gasteiger partial charge in [-0.2, -0.15) is 8.78 Å². The first-order chi connectivity index (χ1) is 8.73. The molecule has 0 amide bonds. The third kappa shape index (κ3) is 4.16. The molecule has 106 valence electrons. The zero-order chi connectivity index (χ0) is 14.6. The van der Waals surface area contributed by atoms with Gasteiger partial charge < -0.3 is 10.4 Å². The Morgan fingerprint density at radius 1 is 1.32 bits per heavy atom. The van der Waals surface area contributed by atoms with Crippen molar-refractivity contribution < 1.29 is 27.1 Å². The summed E-state index contributed by atoms with van der Waals surface area (Å²) in [5.74, 6) is -4.44. The van der Waals surface area contributed by atoms with Gasteiger partial charge in [-0.3, -0.25) is 4.79 Å². The second kappa shape index (κ2) is 5.96. The second-order valence-corrected chi connectivity index (χ2v) is 5.89. The van der Waals surface area contributed by atoms with Crippen LogP contribution in [0.3, 0.4) is 0 Å². The van der Waals surface area contributed by atoms with Crippen molar-refractivity contribution in [1.82, 2.24) is 0 Å². The number of anilines is 1. The molecule has 0 aliphatic rings. The van der Waals surface area contributed by atoms with E-state index in [9.17, 15) is 22.0 Å². The van der Waals surface area contributed by atoms with E-state index in [-0.39, 0.29) is 12.5 Å². The summed E-state index contributed by atoms with van der Waals surface area (Å²) >= 11 is 0. The van der Waals surface area contributed by atoms with Crippen molar-refractivity contribution in [1.29, 1.82) is 0 Å². The minimum Gasteiger partial charge on any atom is -0.481 e. The molecule has 8 heteroatoms. The maximum Gasteiger partial charge on any atom is 0.341 e. The first-order valence-electron chi connectivity index (χ1n) is 5.34. The minimum absolute atomic E-state index is 0.114. The summed E-state index contributed by atoms with van der Waals surface area (Å²) in [6.45, 7) is 1.64. The van der Waals surface area contributed by atoms with Crippen LogP contribution in [0, 0.1) is 0 Å². The third-order valence-electron chi connectivity index (χ3n) is 2.31. The third-order valence-corrected chi connectivity index (χ3v) is 3.71. The molecule has 1 aromatic carbocycles. The Labute approximate surface area is 109 Å². The highest BCUT2D eigenvalue weighted by atomic mass is 32.2. The molecule has 1 unspecified atom stereocenters. The Kier molecular flexibility index (Phi) is 4.82. The van der Waals surface area contributed by atoms with Gasteiger partial charge in [-0.15, -0.1) is 0 Å². The molecular formula is C11H13F2NO4S. The summed E-state index contributed by atoms with van der Waals surface area (Å²) < 4.78 is 46.9. The minimum atomic E-state index is -4.60. The number of hydrogen-bond donors (Lipinski definition) is 2. The number of carbonyl (C=O) groups is 1. The molecule has 0 bridgehead atoms. The normalized spacial score (nSPS) is 13.3. The van der Waals surface area contributed by atoms with Crippen LogP contribution >= 0.6 is 0 Å². The van der Waals surface area contributed by atoms with E-state index in [0.717, 1.165) is 12.1 Å². The van der Waals surface area contributed by atoms with Crippen LogP contribution in [0.5, 0.6) is 0 Å². The summed E-state index contributed by atoms with van der Waals surface area (Å²) in [5.41, 5.74) is 0.460. The first kappa shape index (κ1) is 15.4. The van der Waals surface area contributed by atoms with E-state index in [0.29, 0.717) is 5.69 Å². The van der Waals surface area contributed by atoms with Crippen molar-refractivity contribution in [2.24, 2.45) is 0 Å². The topological polar surface area (TPSA) is 83.5 Å². The Bertz CT molecular complexity index is 542. The fraction of sp³-hybridized carbons (Fsp3) is 0.364. The Hall–Kier alpha value is -1.70. The van der Waals surface area contributed by atoms with Crippen molar-refractivity contribution in [3.8, 4) is 0 Å². The van der Waals surface area contributed by atoms with Gasteiger partial charge in [0.2, 0.25) is 9.84 Å². The molecule has 0 spiro atoms. The van der Waals surface area contributed by atoms with Crippen molar-refractivity contribution in [2.75, 3.05) is 5.32 Å². The lowest BCUT2D eigenvalue weighted by molar-refractivity contribution is -0.137. The molecule has 2 N–H and O–H groups in total. The average Bonchev–Trinajstić information content (AvgIpc) is 2.28. The predicted octanol–water partition coefficient (Wildman–Crippen LogP) is 1.96. The van der Waals surface area contributed by atoms with E-state index < -0.39 is 26.5 Å². The molecule has 0 aliphatic heterocycles. The lowest BCUT2D eigenvalue weighted by Gasteiger charge is -2.13. The molecule has 0 aliphatic carbocycles. The highest BCUT2D eigenvalue weighted by Gasteiger charge is 2.26. The number of sulfone groups is 1. The van der Waals surface area contributed by atoms with E-state index in [1.54, 1.807) is 6.92 Å². The molecular weight excluding hydrogens is 280 g/mol. The summed E-state index contributed by atoms with van der Waals surface area (Å²) in [7, 11) is -4.60. The van der Waals surface area contributed by atoms with Crippen LogP contribution in [-0.4, -0.2) is 31.3 Å². The number of aliphatic carboxylic acids is 1. The van der Waals surface area contributed by atoms with Gasteiger partial charge in [0.25, 0.3) is 0 Å². The van der Waals surface area contributed by atoms with Crippen LogP contribution in [-0.2, 0) is 14.6 Å². The lowest BCUT2D eigenvalue weighted by Crippen LogP contribution is -2.19. The maximum absolute atomic E-state index is 12.3. The molecule has 0 heterocycles. The van der Waals surface area contributed by atoms with Gasteiger partial charge >= 0.3 is 11.7 Å². The Balaban J connectivity index is 2.80. The predicted molar refractivity (Wildman–Crippen MR) is 65.0 cm³/mol. The van der Waals surface area contributed by atoms with Gasteiger partial charge in [0.1, 0.15) is 0 Å². The van der Waals surface area contributed by atoms with Crippen LogP contribution in [0.1, 0.15) is 13.3 Å². The van der Waals surface area contributed by atoms with Gasteiger partial charge in [0, 0.05) is 11.7 Å². The number of hydrogen-bond acceptors (Lipinski definition) is 4. The molecule has 1 rings (SSSR count). The van der Waals surface area contributed by atoms with E-state index in [4.69, 9.17) is 5.11 Å². The second-order valence-electron chi connectivity index (χ2n) is 3.97. The Morgan fingerprint density at radius 3 is 2.26 bits per heavy atom. The number of halogens is 2. The largest absolute Gasteiger partial charge is 0.481 e. The molecule has 0 saturated carbocycles. The number of carboxylic acid groups (broad SMARTS) is 1. The van der Waals surface area contributed by atoms with Gasteiger partial charge in [0.05, 0.1) is 11.3 Å². The zero-order valence-corrected chi connectivity index (χ0v) is 10.8. The number of alkyl halides is 2. The van der Waals surface area contributed by atoms with Crippen molar-refractivity contribution in [2.45, 2.75) is 30.0 Å². The van der Waals surface area contributed by atoms with Crippen LogP contribution in [0.25, 0.3) is 0 Å². The monoisotopic (exact) mass is 293 g/mol. The molecule has 0 fully saturated rings. The highest BCUT2D eigenvalue weighted by Crippen LogP contribution is 2.20. The highest BCUT2D eigenvalue weighted by molar-refractivity contribution is 7.91. The zero-order valence-electron chi connectivity index (χ0n) is 10.0. The fourth-order valence-electron chi connectivity index (χ4n) is 1.44. The number of carboxylic acids is 1. The van der Waals surface area contributed by atoms with E-state index in [1.807, 2.05) is 0 Å². The van der Waals surface area contributed by atoms with E-state index in [1.165, 1.54) is 12.1 Å². The molecule has 1 aromatic rings. The van der Waals surface area contributed by atoms with Gasteiger partial charge in [-0.1, -0.05) is 0 Å². The number of rotatable bonds is 6. The van der Waals surface area contributed by atoms with Crippen molar-refractivity contribution in [3.63, 3.8) is 0 Å². The lowest BCUT2D eigenvalue weighted by atomic mass is 10.2. The molecule has 1 atom stereocenters. The van der Waals surface area contributed by atoms with Gasteiger partial charge in [0.15, 0.2) is 0 Å². The van der Waals surface area contributed by atoms with Crippen LogP contribution in [0.2, 0.25) is 0 Å². The summed E-state index contributed by atoms with van der Waals surface area (Å²) in [5, 5.41) is 11.4. The standard InChI is InChI=1S/C11H13F2NO4S/c1-7(6-10(15)16)14-8-2-4-9(5-3-8)19(17,18)11(12)13/h2-5,7,11,14H,6H2,1H3,(H,15,16). The summed E-state index contributed by atoms with van der Waals surface area (Å²) in [6, 6.07) is 4.37. The Morgan fingerprint density at radius 2 is 1.84 bits per heavy atom. The van der Waals surface area contributed by atoms with Crippen LogP contribution < -0.4 is 5.32 Å². The number of nitrogens with one attached hydrogen (secondary N) is 1. The van der Waals surface area contributed by atoms with Crippen molar-refractivity contribution >= 4 is 21.5 Å². The smallest absolute Gasteiger partial charge is 0.341 e. The molecule has 5 nitrogen and oxygen atoms in total. The molecule has 19 heavy (non-hydrogen) atoms. The van der Waals surface area contributed by atoms with Crippen molar-refractivity contribution in [3.05, 3.63) is 24.3 Å². The molecule has 0 aromatic heterocycles. The van der Waals surface area contributed by atoms with E-state index in [2.05, 4.69) is 5.32 Å². The van der Waals surface area contributed by atoms with Gasteiger partial charge in [-0.05, 0) is 31.2 Å². The van der Waals surface area contributed by atoms with Gasteiger partial charge in [-0.25, -0.2) is 8.42 Å². The number of benzene rings is 1. The summed E-state index contributed by atoms with van der Waals surface area (Å²) in [4.78, 5) is 9.98. The quantitative estimate of drug-likeness (QED) is 0.837. The van der Waals surface area contributed by atoms with Crippen LogP contribution in [0.15, 0.2) is 29.2 Å². The maximum atomic E-state index is 12.3. The fourth-order valence-corrected chi connectivity index (χ4v) is 2.16. The molecule has 0 saturated heterocycles. The first-order valence-corrected chi connectivity index (χ1v) is 6.88. The van der Waals surface area contributed by atoms with Crippen LogP contribution in [0.4, 0.5) is 14.5 Å². The molecule has 0 radical (unpaired) electrons. The van der Waals surface area contributed by atoms with E-state index >= 15 is 0 Å².